The number of aromatic nitrogens is 2. The van der Waals surface area contributed by atoms with Gasteiger partial charge in [-0.2, -0.15) is 11.3 Å². The summed E-state index contributed by atoms with van der Waals surface area (Å²) in [5.74, 6) is 0.905. The van der Waals surface area contributed by atoms with Crippen LogP contribution in [-0.4, -0.2) is 22.4 Å². The lowest BCUT2D eigenvalue weighted by Gasteiger charge is -2.09. The number of carbonyl (C=O) groups is 1. The molecule has 5 nitrogen and oxygen atoms in total. The molecule has 0 fully saturated rings. The largest absolute Gasteiger partial charge is 0.421 e. The van der Waals surface area contributed by atoms with E-state index in [2.05, 4.69) is 15.5 Å². The summed E-state index contributed by atoms with van der Waals surface area (Å²) in [5.41, 5.74) is 2.79. The van der Waals surface area contributed by atoms with Crippen LogP contribution in [-0.2, 0) is 11.2 Å². The quantitative estimate of drug-likeness (QED) is 0.661. The Hall–Kier alpha value is -2.12. The second-order valence-electron chi connectivity index (χ2n) is 5.24. The Balaban J connectivity index is 1.58. The van der Waals surface area contributed by atoms with Crippen molar-refractivity contribution >= 4 is 34.7 Å². The molecule has 3 rings (SSSR count). The third-order valence-corrected chi connectivity index (χ3v) is 4.93. The van der Waals surface area contributed by atoms with Gasteiger partial charge in [0.15, 0.2) is 0 Å². The molecule has 0 bridgehead atoms. The van der Waals surface area contributed by atoms with E-state index in [1.807, 2.05) is 48.2 Å². The number of aryl methyl sites for hydroxylation is 2. The van der Waals surface area contributed by atoms with E-state index in [-0.39, 0.29) is 5.91 Å². The molecule has 7 heteroatoms. The van der Waals surface area contributed by atoms with Crippen LogP contribution >= 0.6 is 23.1 Å². The zero-order chi connectivity index (χ0) is 16.9. The molecule has 2 heterocycles. The Morgan fingerprint density at radius 3 is 2.96 bits per heavy atom. The Morgan fingerprint density at radius 1 is 1.33 bits per heavy atom. The number of amides is 1. The molecule has 24 heavy (non-hydrogen) atoms. The summed E-state index contributed by atoms with van der Waals surface area (Å²) < 4.78 is 5.59. The van der Waals surface area contributed by atoms with E-state index in [1.165, 1.54) is 0 Å². The van der Waals surface area contributed by atoms with Gasteiger partial charge in [0.25, 0.3) is 0 Å². The molecule has 0 atom stereocenters. The molecule has 124 valence electrons. The van der Waals surface area contributed by atoms with Crippen molar-refractivity contribution < 1.29 is 9.21 Å². The molecule has 2 aromatic heterocycles. The van der Waals surface area contributed by atoms with Crippen molar-refractivity contribution in [1.82, 2.24) is 10.2 Å². The molecule has 0 radical (unpaired) electrons. The van der Waals surface area contributed by atoms with Crippen LogP contribution in [0.15, 0.2) is 44.3 Å². The van der Waals surface area contributed by atoms with E-state index in [4.69, 9.17) is 4.42 Å². The zero-order valence-electron chi connectivity index (χ0n) is 13.4. The number of benzene rings is 1. The van der Waals surface area contributed by atoms with E-state index in [0.717, 1.165) is 21.7 Å². The highest BCUT2D eigenvalue weighted by Crippen LogP contribution is 2.23. The number of thioether (sulfide) groups is 1. The first kappa shape index (κ1) is 16.7. The first-order valence-corrected chi connectivity index (χ1v) is 9.62. The van der Waals surface area contributed by atoms with Gasteiger partial charge in [-0.25, -0.2) is 0 Å². The molecule has 1 N–H and O–H groups in total. The van der Waals surface area contributed by atoms with Crippen molar-refractivity contribution in [2.45, 2.75) is 24.7 Å². The van der Waals surface area contributed by atoms with Crippen LogP contribution in [0, 0.1) is 6.92 Å². The van der Waals surface area contributed by atoms with Gasteiger partial charge in [-0.1, -0.05) is 6.07 Å². The minimum Gasteiger partial charge on any atom is -0.421 e. The van der Waals surface area contributed by atoms with Gasteiger partial charge in [-0.05, 0) is 42.3 Å². The van der Waals surface area contributed by atoms with Gasteiger partial charge in [0.2, 0.25) is 17.7 Å². The Labute approximate surface area is 148 Å². The highest BCUT2D eigenvalue weighted by Gasteiger charge is 2.11. The summed E-state index contributed by atoms with van der Waals surface area (Å²) in [6.07, 6.45) is 2.73. The zero-order valence-corrected chi connectivity index (χ0v) is 15.0. The minimum absolute atomic E-state index is 0.0633. The Kier molecular flexibility index (Phi) is 5.32. The van der Waals surface area contributed by atoms with Crippen LogP contribution in [0.25, 0.3) is 11.5 Å². The maximum absolute atomic E-state index is 12.2. The molecule has 0 spiro atoms. The van der Waals surface area contributed by atoms with E-state index in [1.54, 1.807) is 23.1 Å². The van der Waals surface area contributed by atoms with Gasteiger partial charge in [-0.15, -0.1) is 22.0 Å². The van der Waals surface area contributed by atoms with Crippen molar-refractivity contribution in [1.29, 1.82) is 0 Å². The summed E-state index contributed by atoms with van der Waals surface area (Å²) >= 11 is 3.22. The molecule has 1 amide bonds. The summed E-state index contributed by atoms with van der Waals surface area (Å²) in [6, 6.07) is 7.96. The molecular formula is C17H17N3O2S2. The third-order valence-electron chi connectivity index (χ3n) is 3.52. The second kappa shape index (κ2) is 7.63. The molecule has 0 aliphatic carbocycles. The average Bonchev–Trinajstić information content (AvgIpc) is 3.26. The monoisotopic (exact) mass is 359 g/mol. The smallest absolute Gasteiger partial charge is 0.248 e. The summed E-state index contributed by atoms with van der Waals surface area (Å²) in [7, 11) is 0. The van der Waals surface area contributed by atoms with E-state index in [9.17, 15) is 4.79 Å². The number of nitrogens with one attached hydrogen (secondary N) is 1. The van der Waals surface area contributed by atoms with Gasteiger partial charge in [0.05, 0.1) is 0 Å². The fraction of sp³-hybridized carbons (Fsp3) is 0.235. The van der Waals surface area contributed by atoms with E-state index in [0.29, 0.717) is 24.6 Å². The Bertz CT molecular complexity index is 828. The molecule has 0 saturated carbocycles. The maximum atomic E-state index is 12.2. The fourth-order valence-corrected chi connectivity index (χ4v) is 3.22. The van der Waals surface area contributed by atoms with Gasteiger partial charge in [0, 0.05) is 34.4 Å². The molecule has 0 saturated heterocycles. The lowest BCUT2D eigenvalue weighted by molar-refractivity contribution is -0.116. The second-order valence-corrected chi connectivity index (χ2v) is 6.90. The molecule has 1 aromatic carbocycles. The van der Waals surface area contributed by atoms with Crippen LogP contribution in [0.3, 0.4) is 0 Å². The Morgan fingerprint density at radius 2 is 2.21 bits per heavy atom. The molecular weight excluding hydrogens is 342 g/mol. The van der Waals surface area contributed by atoms with Crippen molar-refractivity contribution in [2.75, 3.05) is 11.6 Å². The fourth-order valence-electron chi connectivity index (χ4n) is 2.15. The number of carbonyl (C=O) groups excluding carboxylic acids is 1. The summed E-state index contributed by atoms with van der Waals surface area (Å²) in [4.78, 5) is 13.3. The SMILES string of the molecule is CSc1ccc(C)c(NC(=O)CCc2nnc(-c3ccsc3)o2)c1. The van der Waals surface area contributed by atoms with Crippen LogP contribution in [0.1, 0.15) is 17.9 Å². The molecule has 0 aliphatic rings. The van der Waals surface area contributed by atoms with Crippen molar-refractivity contribution in [3.05, 3.63) is 46.5 Å². The third kappa shape index (κ3) is 4.04. The number of hydrogen-bond donors (Lipinski definition) is 1. The van der Waals surface area contributed by atoms with Crippen LogP contribution in [0.5, 0.6) is 0 Å². The number of thiophene rings is 1. The predicted octanol–water partition coefficient (Wildman–Crippen LogP) is 4.40. The molecule has 0 aliphatic heterocycles. The number of hydrogen-bond acceptors (Lipinski definition) is 6. The minimum atomic E-state index is -0.0633. The highest BCUT2D eigenvalue weighted by molar-refractivity contribution is 7.98. The number of nitrogens with zero attached hydrogens (tertiary/aromatic N) is 2. The van der Waals surface area contributed by atoms with Crippen molar-refractivity contribution in [3.8, 4) is 11.5 Å². The average molecular weight is 359 g/mol. The predicted molar refractivity (Wildman–Crippen MR) is 97.5 cm³/mol. The maximum Gasteiger partial charge on any atom is 0.248 e. The summed E-state index contributed by atoms with van der Waals surface area (Å²) in [6.45, 7) is 1.98. The molecule has 0 unspecified atom stereocenters. The molecule has 3 aromatic rings. The van der Waals surface area contributed by atoms with Crippen molar-refractivity contribution in [3.63, 3.8) is 0 Å². The lowest BCUT2D eigenvalue weighted by atomic mass is 10.2. The van der Waals surface area contributed by atoms with Crippen molar-refractivity contribution in [2.24, 2.45) is 0 Å². The van der Waals surface area contributed by atoms with E-state index < -0.39 is 0 Å². The normalized spacial score (nSPS) is 10.8. The van der Waals surface area contributed by atoms with Gasteiger partial charge in [0.1, 0.15) is 0 Å². The number of rotatable bonds is 6. The summed E-state index contributed by atoms with van der Waals surface area (Å²) in [5, 5.41) is 14.9. The van der Waals surface area contributed by atoms with E-state index >= 15 is 0 Å². The van der Waals surface area contributed by atoms with Crippen LogP contribution in [0.2, 0.25) is 0 Å². The first-order chi connectivity index (χ1) is 11.7. The van der Waals surface area contributed by atoms with Gasteiger partial charge in [-0.3, -0.25) is 4.79 Å². The lowest BCUT2D eigenvalue weighted by Crippen LogP contribution is -2.13. The first-order valence-electron chi connectivity index (χ1n) is 7.45. The topological polar surface area (TPSA) is 68.0 Å². The van der Waals surface area contributed by atoms with Gasteiger partial charge >= 0.3 is 0 Å². The standard InChI is InChI=1S/C17H17N3O2S2/c1-11-3-4-13(23-2)9-14(11)18-15(21)5-6-16-19-20-17(22-16)12-7-8-24-10-12/h3-4,7-10H,5-6H2,1-2H3,(H,18,21). The van der Waals surface area contributed by atoms with Crippen LogP contribution < -0.4 is 5.32 Å². The van der Waals surface area contributed by atoms with Gasteiger partial charge < -0.3 is 9.73 Å². The number of anilines is 1. The van der Waals surface area contributed by atoms with Crippen LogP contribution in [0.4, 0.5) is 5.69 Å². The highest BCUT2D eigenvalue weighted by atomic mass is 32.2.